The van der Waals surface area contributed by atoms with Crippen molar-refractivity contribution in [2.75, 3.05) is 43.1 Å². The average molecular weight is 279 g/mol. The minimum Gasteiger partial charge on any atom is -0.394 e. The van der Waals surface area contributed by atoms with Crippen LogP contribution in [0.15, 0.2) is 18.5 Å². The number of aliphatic hydroxyl groups excluding tert-OH is 1. The van der Waals surface area contributed by atoms with E-state index in [1.807, 2.05) is 12.4 Å². The van der Waals surface area contributed by atoms with Crippen LogP contribution < -0.4 is 10.2 Å². The fraction of sp³-hybridized carbons (Fsp3) is 0.667. The van der Waals surface area contributed by atoms with Gasteiger partial charge in [-0.15, -0.1) is 0 Å². The Kier molecular flexibility index (Phi) is 6.08. The number of aliphatic hydroxyl groups is 1. The van der Waals surface area contributed by atoms with Gasteiger partial charge in [-0.3, -0.25) is 4.98 Å². The van der Waals surface area contributed by atoms with Gasteiger partial charge in [-0.2, -0.15) is 0 Å². The van der Waals surface area contributed by atoms with Crippen molar-refractivity contribution >= 4 is 11.4 Å². The van der Waals surface area contributed by atoms with Crippen molar-refractivity contribution in [2.24, 2.45) is 0 Å². The Bertz CT molecular complexity index is 392. The lowest BCUT2D eigenvalue weighted by Gasteiger charge is -2.33. The molecule has 0 bridgehead atoms. The molecule has 0 aromatic carbocycles. The van der Waals surface area contributed by atoms with E-state index in [9.17, 15) is 0 Å². The summed E-state index contributed by atoms with van der Waals surface area (Å²) < 4.78 is 5.59. The van der Waals surface area contributed by atoms with Crippen molar-refractivity contribution in [1.82, 2.24) is 4.98 Å². The van der Waals surface area contributed by atoms with Gasteiger partial charge in [0.05, 0.1) is 43.1 Å². The summed E-state index contributed by atoms with van der Waals surface area (Å²) in [5, 5.41) is 12.1. The summed E-state index contributed by atoms with van der Waals surface area (Å²) >= 11 is 0. The number of nitrogens with zero attached hydrogens (tertiary/aromatic N) is 2. The molecule has 1 aromatic rings. The molecule has 0 aliphatic carbocycles. The molecule has 112 valence electrons. The molecule has 0 amide bonds. The molecule has 1 saturated heterocycles. The maximum Gasteiger partial charge on any atom is 0.0701 e. The standard InChI is InChI=1S/C15H25N3O2/c1-2-5-17-13-10-14(12-16-11-13)18-6-3-15(4-7-18)20-9-8-19/h10-12,15,17,19H,2-9H2,1H3. The topological polar surface area (TPSA) is 57.6 Å². The third-order valence-electron chi connectivity index (χ3n) is 3.55. The van der Waals surface area contributed by atoms with Crippen molar-refractivity contribution in [2.45, 2.75) is 32.3 Å². The lowest BCUT2D eigenvalue weighted by atomic mass is 10.1. The highest BCUT2D eigenvalue weighted by Crippen LogP contribution is 2.23. The van der Waals surface area contributed by atoms with Gasteiger partial charge in [0.15, 0.2) is 0 Å². The second-order valence-corrected chi connectivity index (χ2v) is 5.14. The third kappa shape index (κ3) is 4.35. The number of nitrogens with one attached hydrogen (secondary N) is 1. The number of anilines is 2. The zero-order valence-corrected chi connectivity index (χ0v) is 12.2. The van der Waals surface area contributed by atoms with Crippen molar-refractivity contribution in [1.29, 1.82) is 0 Å². The van der Waals surface area contributed by atoms with Crippen molar-refractivity contribution in [3.05, 3.63) is 18.5 Å². The number of rotatable bonds is 7. The van der Waals surface area contributed by atoms with Crippen LogP contribution in [0.3, 0.4) is 0 Å². The second kappa shape index (κ2) is 8.07. The zero-order valence-electron chi connectivity index (χ0n) is 12.2. The monoisotopic (exact) mass is 279 g/mol. The SMILES string of the molecule is CCCNc1cncc(N2CCC(OCCO)CC2)c1. The molecule has 0 saturated carbocycles. The van der Waals surface area contributed by atoms with Gasteiger partial charge in [0.2, 0.25) is 0 Å². The van der Waals surface area contributed by atoms with Gasteiger partial charge in [0, 0.05) is 19.6 Å². The predicted molar refractivity (Wildman–Crippen MR) is 81.3 cm³/mol. The van der Waals surface area contributed by atoms with Gasteiger partial charge in [-0.1, -0.05) is 6.92 Å². The maximum atomic E-state index is 8.78. The van der Waals surface area contributed by atoms with Gasteiger partial charge < -0.3 is 20.1 Å². The van der Waals surface area contributed by atoms with Crippen molar-refractivity contribution < 1.29 is 9.84 Å². The van der Waals surface area contributed by atoms with E-state index in [4.69, 9.17) is 9.84 Å². The number of piperidine rings is 1. The number of aromatic nitrogens is 1. The fourth-order valence-corrected chi connectivity index (χ4v) is 2.47. The molecule has 20 heavy (non-hydrogen) atoms. The number of hydrogen-bond donors (Lipinski definition) is 2. The van der Waals surface area contributed by atoms with Crippen LogP contribution >= 0.6 is 0 Å². The first-order valence-electron chi connectivity index (χ1n) is 7.49. The lowest BCUT2D eigenvalue weighted by Crippen LogP contribution is -2.37. The lowest BCUT2D eigenvalue weighted by molar-refractivity contribution is 0.0159. The summed E-state index contributed by atoms with van der Waals surface area (Å²) in [6, 6.07) is 2.16. The molecule has 1 aromatic heterocycles. The van der Waals surface area contributed by atoms with Crippen LogP contribution in [0.4, 0.5) is 11.4 Å². The van der Waals surface area contributed by atoms with Crippen LogP contribution in [-0.4, -0.2) is 49.0 Å². The van der Waals surface area contributed by atoms with Gasteiger partial charge >= 0.3 is 0 Å². The normalized spacial score (nSPS) is 16.4. The number of pyridine rings is 1. The third-order valence-corrected chi connectivity index (χ3v) is 3.55. The summed E-state index contributed by atoms with van der Waals surface area (Å²) in [7, 11) is 0. The Morgan fingerprint density at radius 1 is 1.40 bits per heavy atom. The minimum absolute atomic E-state index is 0.106. The van der Waals surface area contributed by atoms with Crippen LogP contribution in [0.25, 0.3) is 0 Å². The van der Waals surface area contributed by atoms with Gasteiger partial charge in [-0.25, -0.2) is 0 Å². The summed E-state index contributed by atoms with van der Waals surface area (Å²) in [4.78, 5) is 6.66. The average Bonchev–Trinajstić information content (AvgIpc) is 2.52. The molecule has 2 rings (SSSR count). The summed E-state index contributed by atoms with van der Waals surface area (Å²) in [6.07, 6.45) is 7.20. The Morgan fingerprint density at radius 3 is 2.90 bits per heavy atom. The molecule has 0 radical (unpaired) electrons. The van der Waals surface area contributed by atoms with Crippen LogP contribution in [0.2, 0.25) is 0 Å². The first kappa shape index (κ1) is 15.1. The second-order valence-electron chi connectivity index (χ2n) is 5.14. The molecular weight excluding hydrogens is 254 g/mol. The largest absolute Gasteiger partial charge is 0.394 e. The van der Waals surface area contributed by atoms with Crippen LogP contribution in [-0.2, 0) is 4.74 Å². The maximum absolute atomic E-state index is 8.78. The van der Waals surface area contributed by atoms with E-state index in [1.165, 1.54) is 5.69 Å². The van der Waals surface area contributed by atoms with E-state index in [2.05, 4.69) is 28.2 Å². The Morgan fingerprint density at radius 2 is 2.20 bits per heavy atom. The molecule has 2 heterocycles. The molecule has 2 N–H and O–H groups in total. The molecule has 5 nitrogen and oxygen atoms in total. The van der Waals surface area contributed by atoms with Crippen LogP contribution in [0, 0.1) is 0 Å². The summed E-state index contributed by atoms with van der Waals surface area (Å²) in [5.41, 5.74) is 2.26. The molecule has 1 aliphatic heterocycles. The van der Waals surface area contributed by atoms with Crippen LogP contribution in [0.5, 0.6) is 0 Å². The fourth-order valence-electron chi connectivity index (χ4n) is 2.47. The first-order valence-corrected chi connectivity index (χ1v) is 7.49. The number of hydrogen-bond acceptors (Lipinski definition) is 5. The van der Waals surface area contributed by atoms with E-state index in [1.54, 1.807) is 0 Å². The van der Waals surface area contributed by atoms with Crippen molar-refractivity contribution in [3.8, 4) is 0 Å². The zero-order chi connectivity index (χ0) is 14.2. The highest BCUT2D eigenvalue weighted by atomic mass is 16.5. The molecule has 0 unspecified atom stereocenters. The van der Waals surface area contributed by atoms with Gasteiger partial charge in [-0.05, 0) is 25.3 Å². The minimum atomic E-state index is 0.106. The Labute approximate surface area is 121 Å². The molecule has 1 fully saturated rings. The molecule has 0 spiro atoms. The van der Waals surface area contributed by atoms with E-state index < -0.39 is 0 Å². The first-order chi connectivity index (χ1) is 9.83. The van der Waals surface area contributed by atoms with E-state index in [0.717, 1.165) is 44.6 Å². The van der Waals surface area contributed by atoms with E-state index in [-0.39, 0.29) is 12.7 Å². The molecular formula is C15H25N3O2. The molecule has 5 heteroatoms. The molecule has 1 aliphatic rings. The smallest absolute Gasteiger partial charge is 0.0701 e. The van der Waals surface area contributed by atoms with Gasteiger partial charge in [0.25, 0.3) is 0 Å². The summed E-state index contributed by atoms with van der Waals surface area (Å²) in [5.74, 6) is 0. The summed E-state index contributed by atoms with van der Waals surface area (Å²) in [6.45, 7) is 5.64. The van der Waals surface area contributed by atoms with E-state index >= 15 is 0 Å². The Hall–Kier alpha value is -1.33. The Balaban J connectivity index is 1.86. The number of ether oxygens (including phenoxy) is 1. The van der Waals surface area contributed by atoms with Crippen LogP contribution in [0.1, 0.15) is 26.2 Å². The van der Waals surface area contributed by atoms with Crippen molar-refractivity contribution in [3.63, 3.8) is 0 Å². The highest BCUT2D eigenvalue weighted by molar-refractivity contribution is 5.55. The van der Waals surface area contributed by atoms with E-state index in [0.29, 0.717) is 6.61 Å². The predicted octanol–water partition coefficient (Wildman–Crippen LogP) is 1.88. The van der Waals surface area contributed by atoms with Gasteiger partial charge in [0.1, 0.15) is 0 Å². The highest BCUT2D eigenvalue weighted by Gasteiger charge is 2.20. The molecule has 0 atom stereocenters. The quantitative estimate of drug-likeness (QED) is 0.798.